The smallest absolute Gasteiger partial charge is 0.269 e. The Balaban J connectivity index is 1.89. The van der Waals surface area contributed by atoms with E-state index in [4.69, 9.17) is 10.5 Å². The normalized spacial score (nSPS) is 17.3. The zero-order valence-corrected chi connectivity index (χ0v) is 14.2. The van der Waals surface area contributed by atoms with Crippen molar-refractivity contribution >= 4 is 17.5 Å². The van der Waals surface area contributed by atoms with Crippen LogP contribution in [0.2, 0.25) is 0 Å². The van der Waals surface area contributed by atoms with Crippen molar-refractivity contribution in [1.82, 2.24) is 19.9 Å². The fourth-order valence-corrected chi connectivity index (χ4v) is 3.10. The van der Waals surface area contributed by atoms with Crippen molar-refractivity contribution in [2.75, 3.05) is 7.11 Å². The van der Waals surface area contributed by atoms with E-state index in [2.05, 4.69) is 15.4 Å². The number of primary amides is 1. The molecule has 3 N–H and O–H groups in total. The summed E-state index contributed by atoms with van der Waals surface area (Å²) in [5.74, 6) is -3.87. The van der Waals surface area contributed by atoms with Crippen LogP contribution in [0.4, 0.5) is 8.78 Å². The number of methoxy groups -OCH3 is 1. The summed E-state index contributed by atoms with van der Waals surface area (Å²) >= 11 is 0. The van der Waals surface area contributed by atoms with Crippen molar-refractivity contribution in [3.63, 3.8) is 0 Å². The Hall–Kier alpha value is -2.62. The molecule has 1 aliphatic carbocycles. The maximum absolute atomic E-state index is 13.3. The van der Waals surface area contributed by atoms with Gasteiger partial charge in [-0.2, -0.15) is 5.10 Å². The number of nitrogens with two attached hydrogens (primary N) is 1. The number of amides is 2. The molecule has 0 bridgehead atoms. The lowest BCUT2D eigenvalue weighted by atomic mass is 9.92. The van der Waals surface area contributed by atoms with Crippen LogP contribution in [0.3, 0.4) is 0 Å². The van der Waals surface area contributed by atoms with Crippen LogP contribution < -0.4 is 11.1 Å². The second kappa shape index (κ2) is 6.94. The van der Waals surface area contributed by atoms with Crippen molar-refractivity contribution in [2.45, 2.75) is 44.3 Å². The van der Waals surface area contributed by atoms with Crippen LogP contribution in [-0.4, -0.2) is 45.5 Å². The molecule has 3 rings (SSSR count). The van der Waals surface area contributed by atoms with Gasteiger partial charge < -0.3 is 15.8 Å². The maximum atomic E-state index is 13.3. The van der Waals surface area contributed by atoms with E-state index >= 15 is 0 Å². The molecule has 2 aromatic rings. The van der Waals surface area contributed by atoms with Crippen LogP contribution in [0.15, 0.2) is 12.3 Å². The first-order chi connectivity index (χ1) is 12.3. The highest BCUT2D eigenvalue weighted by Crippen LogP contribution is 2.33. The van der Waals surface area contributed by atoms with Gasteiger partial charge in [-0.15, -0.1) is 0 Å². The van der Waals surface area contributed by atoms with Gasteiger partial charge in [0.1, 0.15) is 5.69 Å². The quantitative estimate of drug-likeness (QED) is 0.827. The molecule has 0 aromatic carbocycles. The summed E-state index contributed by atoms with van der Waals surface area (Å²) in [6.45, 7) is 0.0282. The van der Waals surface area contributed by atoms with Crippen LogP contribution in [0, 0.1) is 0 Å². The number of fused-ring (bicyclic) bond motifs is 1. The topological polar surface area (TPSA) is 112 Å². The van der Waals surface area contributed by atoms with E-state index in [9.17, 15) is 18.4 Å². The number of rotatable bonds is 5. The average molecular weight is 367 g/mol. The van der Waals surface area contributed by atoms with Gasteiger partial charge in [-0.1, -0.05) is 0 Å². The summed E-state index contributed by atoms with van der Waals surface area (Å²) in [6.07, 6.45) is 1.25. The Morgan fingerprint density at radius 3 is 2.73 bits per heavy atom. The van der Waals surface area contributed by atoms with E-state index in [1.807, 2.05) is 0 Å². The Bertz CT molecular complexity index is 842. The first kappa shape index (κ1) is 18.2. The van der Waals surface area contributed by atoms with Crippen LogP contribution in [0.1, 0.15) is 52.2 Å². The summed E-state index contributed by atoms with van der Waals surface area (Å²) in [5, 5.41) is 6.79. The largest absolute Gasteiger partial charge is 0.378 e. The highest BCUT2D eigenvalue weighted by Gasteiger charge is 2.35. The van der Waals surface area contributed by atoms with Crippen molar-refractivity contribution in [1.29, 1.82) is 0 Å². The highest BCUT2D eigenvalue weighted by atomic mass is 19.3. The molecule has 1 aliphatic rings. The fourth-order valence-electron chi connectivity index (χ4n) is 3.10. The van der Waals surface area contributed by atoms with E-state index in [-0.39, 0.29) is 60.9 Å². The summed E-state index contributed by atoms with van der Waals surface area (Å²) in [7, 11) is 1.44. The number of carbonyl (C=O) groups is 2. The number of imidazole rings is 1. The van der Waals surface area contributed by atoms with Gasteiger partial charge in [0.15, 0.2) is 11.3 Å². The standard InChI is InChI=1S/C16H19F2N5O3/c1-26-8-11-12(13(19)24)23-14(22-11)10(4-7-20-23)15(25)21-9-2-5-16(17,18)6-3-9/h4,7,9H,2-3,5-6,8H2,1H3,(H2,19,24)(H,21,25). The third-order valence-electron chi connectivity index (χ3n) is 4.40. The number of hydrogen-bond donors (Lipinski definition) is 2. The van der Waals surface area contributed by atoms with Gasteiger partial charge in [0.05, 0.1) is 12.2 Å². The Labute approximate surface area is 147 Å². The molecule has 2 aromatic heterocycles. The van der Waals surface area contributed by atoms with Crippen LogP contribution in [0.5, 0.6) is 0 Å². The minimum atomic E-state index is -2.67. The van der Waals surface area contributed by atoms with Crippen molar-refractivity contribution in [3.05, 3.63) is 29.2 Å². The molecule has 140 valence electrons. The maximum Gasteiger partial charge on any atom is 0.269 e. The summed E-state index contributed by atoms with van der Waals surface area (Å²) < 4.78 is 32.7. The average Bonchev–Trinajstić information content (AvgIpc) is 2.95. The molecule has 2 amide bonds. The molecule has 0 atom stereocenters. The number of alkyl halides is 2. The minimum Gasteiger partial charge on any atom is -0.378 e. The third-order valence-corrected chi connectivity index (χ3v) is 4.40. The zero-order valence-electron chi connectivity index (χ0n) is 14.2. The van der Waals surface area contributed by atoms with Gasteiger partial charge in [0.25, 0.3) is 11.8 Å². The lowest BCUT2D eigenvalue weighted by molar-refractivity contribution is -0.0399. The number of nitrogens with zero attached hydrogens (tertiary/aromatic N) is 3. The molecule has 8 nitrogen and oxygen atoms in total. The minimum absolute atomic E-state index is 0.0282. The number of nitrogens with one attached hydrogen (secondary N) is 1. The van der Waals surface area contributed by atoms with Gasteiger partial charge in [0.2, 0.25) is 5.92 Å². The first-order valence-electron chi connectivity index (χ1n) is 8.16. The predicted octanol–water partition coefficient (Wildman–Crippen LogP) is 1.28. The molecule has 1 saturated carbocycles. The van der Waals surface area contributed by atoms with Gasteiger partial charge in [-0.3, -0.25) is 9.59 Å². The SMILES string of the molecule is COCc1nc2c(C(=O)NC3CCC(F)(F)CC3)ccnn2c1C(N)=O. The Kier molecular flexibility index (Phi) is 4.86. The molecule has 2 heterocycles. The zero-order chi connectivity index (χ0) is 18.9. The van der Waals surface area contributed by atoms with E-state index < -0.39 is 17.7 Å². The molecule has 0 saturated heterocycles. The number of ether oxygens (including phenoxy) is 1. The summed E-state index contributed by atoms with van der Waals surface area (Å²) in [6, 6.07) is 1.12. The number of hydrogen-bond acceptors (Lipinski definition) is 5. The van der Waals surface area contributed by atoms with Crippen LogP contribution in [-0.2, 0) is 11.3 Å². The number of halogens is 2. The summed E-state index contributed by atoms with van der Waals surface area (Å²) in [5.41, 5.74) is 6.04. The summed E-state index contributed by atoms with van der Waals surface area (Å²) in [4.78, 5) is 28.6. The molecule has 10 heteroatoms. The third kappa shape index (κ3) is 3.50. The molecule has 26 heavy (non-hydrogen) atoms. The highest BCUT2D eigenvalue weighted by molar-refractivity contribution is 6.01. The van der Waals surface area contributed by atoms with Gasteiger partial charge in [-0.05, 0) is 18.9 Å². The van der Waals surface area contributed by atoms with Crippen molar-refractivity contribution < 1.29 is 23.1 Å². The van der Waals surface area contributed by atoms with Gasteiger partial charge >= 0.3 is 0 Å². The van der Waals surface area contributed by atoms with Gasteiger partial charge in [-0.25, -0.2) is 18.3 Å². The molecule has 1 fully saturated rings. The monoisotopic (exact) mass is 367 g/mol. The Morgan fingerprint density at radius 1 is 1.42 bits per heavy atom. The molecule has 0 radical (unpaired) electrons. The molecular weight excluding hydrogens is 348 g/mol. The van der Waals surface area contributed by atoms with Crippen molar-refractivity contribution in [2.24, 2.45) is 5.73 Å². The van der Waals surface area contributed by atoms with Crippen LogP contribution >= 0.6 is 0 Å². The number of carbonyl (C=O) groups excluding carboxylic acids is 2. The predicted molar refractivity (Wildman–Crippen MR) is 86.9 cm³/mol. The van der Waals surface area contributed by atoms with E-state index in [0.717, 1.165) is 0 Å². The number of aromatic nitrogens is 3. The molecule has 0 unspecified atom stereocenters. The Morgan fingerprint density at radius 2 is 2.12 bits per heavy atom. The lowest BCUT2D eigenvalue weighted by Gasteiger charge is -2.28. The second-order valence-electron chi connectivity index (χ2n) is 6.29. The van der Waals surface area contributed by atoms with Crippen LogP contribution in [0.25, 0.3) is 5.65 Å². The fraction of sp³-hybridized carbons (Fsp3) is 0.500. The van der Waals surface area contributed by atoms with E-state index in [1.165, 1.54) is 23.9 Å². The van der Waals surface area contributed by atoms with E-state index in [1.54, 1.807) is 0 Å². The first-order valence-corrected chi connectivity index (χ1v) is 8.16. The van der Waals surface area contributed by atoms with E-state index in [0.29, 0.717) is 0 Å². The second-order valence-corrected chi connectivity index (χ2v) is 6.29. The lowest BCUT2D eigenvalue weighted by Crippen LogP contribution is -2.40. The van der Waals surface area contributed by atoms with Gasteiger partial charge in [0, 0.05) is 32.2 Å². The molecular formula is C16H19F2N5O3. The molecule has 0 aliphatic heterocycles. The molecule has 0 spiro atoms. The van der Waals surface area contributed by atoms with Crippen molar-refractivity contribution in [3.8, 4) is 0 Å².